The highest BCUT2D eigenvalue weighted by Gasteiger charge is 2.20. The summed E-state index contributed by atoms with van der Waals surface area (Å²) >= 11 is 11.9. The maximum absolute atomic E-state index is 13.0. The van der Waals surface area contributed by atoms with Gasteiger partial charge in [-0.3, -0.25) is 9.59 Å². The van der Waals surface area contributed by atoms with E-state index in [1.165, 1.54) is 18.2 Å². The summed E-state index contributed by atoms with van der Waals surface area (Å²) in [6.07, 6.45) is 0. The van der Waals surface area contributed by atoms with Gasteiger partial charge in [-0.25, -0.2) is 4.39 Å². The van der Waals surface area contributed by atoms with Crippen molar-refractivity contribution < 1.29 is 18.7 Å². The number of benzene rings is 2. The van der Waals surface area contributed by atoms with Crippen molar-refractivity contribution in [2.75, 3.05) is 17.2 Å². The Morgan fingerprint density at radius 1 is 1.22 bits per heavy atom. The van der Waals surface area contributed by atoms with Gasteiger partial charge in [-0.2, -0.15) is 0 Å². The number of carbonyl (C=O) groups excluding carboxylic acids is 2. The van der Waals surface area contributed by atoms with E-state index in [1.807, 2.05) is 0 Å². The number of fused-ring (bicyclic) bond motifs is 1. The molecule has 0 unspecified atom stereocenters. The lowest BCUT2D eigenvalue weighted by Crippen LogP contribution is -2.25. The number of amides is 2. The van der Waals surface area contributed by atoms with Crippen LogP contribution in [0.1, 0.15) is 10.4 Å². The average molecular weight is 355 g/mol. The molecule has 118 valence electrons. The van der Waals surface area contributed by atoms with E-state index in [2.05, 4.69) is 10.6 Å². The third kappa shape index (κ3) is 3.23. The highest BCUT2D eigenvalue weighted by Crippen LogP contribution is 2.36. The van der Waals surface area contributed by atoms with Crippen molar-refractivity contribution in [2.24, 2.45) is 0 Å². The van der Waals surface area contributed by atoms with Gasteiger partial charge >= 0.3 is 0 Å². The third-order valence-corrected chi connectivity index (χ3v) is 3.75. The smallest absolute Gasteiger partial charge is 0.262 e. The van der Waals surface area contributed by atoms with Crippen LogP contribution in [0.15, 0.2) is 30.3 Å². The first-order valence-electron chi connectivity index (χ1n) is 6.46. The van der Waals surface area contributed by atoms with Crippen molar-refractivity contribution in [3.05, 3.63) is 51.8 Å². The SMILES string of the molecule is O=C1COc2cc(NC(=O)c3ccc(F)cc3Cl)c(Cl)cc2N1. The molecule has 0 spiro atoms. The van der Waals surface area contributed by atoms with Crippen LogP contribution >= 0.6 is 23.2 Å². The Kier molecular flexibility index (Phi) is 4.11. The molecule has 1 aliphatic rings. The molecule has 1 heterocycles. The van der Waals surface area contributed by atoms with E-state index in [4.69, 9.17) is 27.9 Å². The fourth-order valence-corrected chi connectivity index (χ4v) is 2.52. The average Bonchev–Trinajstić information content (AvgIpc) is 2.48. The lowest BCUT2D eigenvalue weighted by Gasteiger charge is -2.19. The van der Waals surface area contributed by atoms with Gasteiger partial charge in [-0.1, -0.05) is 23.2 Å². The molecule has 0 saturated carbocycles. The normalized spacial score (nSPS) is 12.9. The monoisotopic (exact) mass is 354 g/mol. The van der Waals surface area contributed by atoms with E-state index in [1.54, 1.807) is 0 Å². The van der Waals surface area contributed by atoms with Gasteiger partial charge in [-0.15, -0.1) is 0 Å². The van der Waals surface area contributed by atoms with Crippen LogP contribution in [0.5, 0.6) is 5.75 Å². The van der Waals surface area contributed by atoms with Crippen molar-refractivity contribution in [2.45, 2.75) is 0 Å². The van der Waals surface area contributed by atoms with Gasteiger partial charge < -0.3 is 15.4 Å². The zero-order valence-electron chi connectivity index (χ0n) is 11.5. The van der Waals surface area contributed by atoms with Gasteiger partial charge in [-0.05, 0) is 24.3 Å². The second kappa shape index (κ2) is 6.06. The fourth-order valence-electron chi connectivity index (χ4n) is 2.06. The molecular weight excluding hydrogens is 346 g/mol. The number of ether oxygens (including phenoxy) is 1. The molecule has 23 heavy (non-hydrogen) atoms. The quantitative estimate of drug-likeness (QED) is 0.863. The van der Waals surface area contributed by atoms with Crippen LogP contribution in [-0.4, -0.2) is 18.4 Å². The topological polar surface area (TPSA) is 67.4 Å². The van der Waals surface area contributed by atoms with Gasteiger partial charge in [0.15, 0.2) is 6.61 Å². The van der Waals surface area contributed by atoms with Gasteiger partial charge in [0.25, 0.3) is 11.8 Å². The summed E-state index contributed by atoms with van der Waals surface area (Å²) in [6.45, 7) is -0.119. The summed E-state index contributed by atoms with van der Waals surface area (Å²) in [7, 11) is 0. The Hall–Kier alpha value is -2.31. The van der Waals surface area contributed by atoms with Crippen LogP contribution in [-0.2, 0) is 4.79 Å². The van der Waals surface area contributed by atoms with Crippen molar-refractivity contribution in [1.29, 1.82) is 0 Å². The predicted octanol–water partition coefficient (Wildman–Crippen LogP) is 3.72. The van der Waals surface area contributed by atoms with E-state index < -0.39 is 11.7 Å². The molecule has 5 nitrogen and oxygen atoms in total. The fraction of sp³-hybridized carbons (Fsp3) is 0.0667. The minimum Gasteiger partial charge on any atom is -0.482 e. The van der Waals surface area contributed by atoms with Crippen LogP contribution in [0.25, 0.3) is 0 Å². The largest absolute Gasteiger partial charge is 0.482 e. The minimum absolute atomic E-state index is 0.0138. The number of halogens is 3. The zero-order valence-corrected chi connectivity index (χ0v) is 13.0. The maximum Gasteiger partial charge on any atom is 0.262 e. The molecule has 8 heteroatoms. The van der Waals surface area contributed by atoms with E-state index in [0.717, 1.165) is 12.1 Å². The lowest BCUT2D eigenvalue weighted by molar-refractivity contribution is -0.118. The van der Waals surface area contributed by atoms with Gasteiger partial charge in [0.05, 0.1) is 27.0 Å². The van der Waals surface area contributed by atoms with Crippen LogP contribution < -0.4 is 15.4 Å². The molecule has 0 aromatic heterocycles. The van der Waals surface area contributed by atoms with Crippen molar-refractivity contribution in [1.82, 2.24) is 0 Å². The molecule has 0 radical (unpaired) electrons. The standard InChI is InChI=1S/C15H9Cl2FN2O3/c16-9-3-7(18)1-2-8(9)15(22)20-11-5-13-12(4-10(11)17)19-14(21)6-23-13/h1-5H,6H2,(H,19,21)(H,20,22). The molecule has 2 aromatic carbocycles. The third-order valence-electron chi connectivity index (χ3n) is 3.13. The molecule has 0 saturated heterocycles. The molecular formula is C15H9Cl2FN2O3. The van der Waals surface area contributed by atoms with E-state index in [9.17, 15) is 14.0 Å². The van der Waals surface area contributed by atoms with Crippen LogP contribution in [0.3, 0.4) is 0 Å². The molecule has 0 bridgehead atoms. The van der Waals surface area contributed by atoms with Crippen molar-refractivity contribution >= 4 is 46.4 Å². The number of rotatable bonds is 2. The molecule has 0 atom stereocenters. The first kappa shape index (κ1) is 15.6. The van der Waals surface area contributed by atoms with Crippen molar-refractivity contribution in [3.63, 3.8) is 0 Å². The number of nitrogens with one attached hydrogen (secondary N) is 2. The number of hydrogen-bond acceptors (Lipinski definition) is 3. The molecule has 0 fully saturated rings. The summed E-state index contributed by atoms with van der Waals surface area (Å²) in [6, 6.07) is 6.41. The Morgan fingerprint density at radius 3 is 2.74 bits per heavy atom. The van der Waals surface area contributed by atoms with Gasteiger partial charge in [0.1, 0.15) is 11.6 Å². The van der Waals surface area contributed by atoms with E-state index in [0.29, 0.717) is 11.4 Å². The second-order valence-corrected chi connectivity index (χ2v) is 5.56. The summed E-state index contributed by atoms with van der Waals surface area (Å²) in [5, 5.41) is 5.38. The zero-order chi connectivity index (χ0) is 16.6. The minimum atomic E-state index is -0.545. The highest BCUT2D eigenvalue weighted by molar-refractivity contribution is 6.36. The number of anilines is 2. The van der Waals surface area contributed by atoms with Crippen molar-refractivity contribution in [3.8, 4) is 5.75 Å². The lowest BCUT2D eigenvalue weighted by atomic mass is 10.2. The Bertz CT molecular complexity index is 827. The van der Waals surface area contributed by atoms with Crippen LogP contribution in [0.4, 0.5) is 15.8 Å². The molecule has 2 amide bonds. The van der Waals surface area contributed by atoms with E-state index >= 15 is 0 Å². The Balaban J connectivity index is 1.88. The first-order valence-corrected chi connectivity index (χ1v) is 7.22. The van der Waals surface area contributed by atoms with Crippen LogP contribution in [0.2, 0.25) is 10.0 Å². The van der Waals surface area contributed by atoms with E-state index in [-0.39, 0.29) is 33.8 Å². The number of carbonyl (C=O) groups is 2. The van der Waals surface area contributed by atoms with Gasteiger partial charge in [0, 0.05) is 6.07 Å². The summed E-state index contributed by atoms with van der Waals surface area (Å²) in [5.74, 6) is -0.989. The summed E-state index contributed by atoms with van der Waals surface area (Å²) in [4.78, 5) is 23.5. The summed E-state index contributed by atoms with van der Waals surface area (Å²) < 4.78 is 18.3. The Morgan fingerprint density at radius 2 is 2.00 bits per heavy atom. The maximum atomic E-state index is 13.0. The summed E-state index contributed by atoms with van der Waals surface area (Å²) in [5.41, 5.74) is 0.812. The second-order valence-electron chi connectivity index (χ2n) is 4.74. The predicted molar refractivity (Wildman–Crippen MR) is 84.9 cm³/mol. The molecule has 2 aromatic rings. The first-order chi connectivity index (χ1) is 10.9. The molecule has 0 aliphatic carbocycles. The van der Waals surface area contributed by atoms with Gasteiger partial charge in [0.2, 0.25) is 0 Å². The highest BCUT2D eigenvalue weighted by atomic mass is 35.5. The molecule has 2 N–H and O–H groups in total. The Labute approximate surface area is 140 Å². The van der Waals surface area contributed by atoms with Crippen LogP contribution in [0, 0.1) is 5.82 Å². The molecule has 3 rings (SSSR count). The molecule has 1 aliphatic heterocycles. The number of hydrogen-bond donors (Lipinski definition) is 2.